The van der Waals surface area contributed by atoms with Crippen molar-refractivity contribution in [1.82, 2.24) is 9.62 Å². The van der Waals surface area contributed by atoms with Crippen molar-refractivity contribution in [1.29, 1.82) is 0 Å². The monoisotopic (exact) mass is 492 g/mol. The zero-order valence-electron chi connectivity index (χ0n) is 17.5. The first-order valence-corrected chi connectivity index (χ1v) is 12.8. The Morgan fingerprint density at radius 2 is 1.70 bits per heavy atom. The summed E-state index contributed by atoms with van der Waals surface area (Å²) in [5.41, 5.74) is 3.06. The molecule has 0 aliphatic carbocycles. The van der Waals surface area contributed by atoms with E-state index in [1.54, 1.807) is 0 Å². The average molecular weight is 493 g/mol. The van der Waals surface area contributed by atoms with E-state index in [9.17, 15) is 13.2 Å². The van der Waals surface area contributed by atoms with E-state index >= 15 is 0 Å². The van der Waals surface area contributed by atoms with Crippen LogP contribution in [-0.2, 0) is 20.6 Å². The molecule has 2 aromatic carbocycles. The van der Waals surface area contributed by atoms with E-state index in [1.807, 2.05) is 31.2 Å². The van der Waals surface area contributed by atoms with Gasteiger partial charge in [0, 0.05) is 23.5 Å². The van der Waals surface area contributed by atoms with Crippen LogP contribution in [0.1, 0.15) is 48.9 Å². The zero-order chi connectivity index (χ0) is 21.7. The number of piperidine rings is 1. The van der Waals surface area contributed by atoms with E-state index in [4.69, 9.17) is 0 Å². The number of carbonyl (C=O) groups is 1. The number of halogens is 1. The van der Waals surface area contributed by atoms with Crippen molar-refractivity contribution in [2.24, 2.45) is 5.92 Å². The third-order valence-electron chi connectivity index (χ3n) is 5.68. The van der Waals surface area contributed by atoms with Crippen LogP contribution in [0.4, 0.5) is 0 Å². The Labute approximate surface area is 188 Å². The second-order valence-electron chi connectivity index (χ2n) is 7.94. The third-order valence-corrected chi connectivity index (χ3v) is 8.06. The van der Waals surface area contributed by atoms with Gasteiger partial charge >= 0.3 is 0 Å². The van der Waals surface area contributed by atoms with Gasteiger partial charge in [-0.25, -0.2) is 12.7 Å². The minimum atomic E-state index is -3.39. The molecule has 1 saturated heterocycles. The maximum absolute atomic E-state index is 12.8. The molecular weight excluding hydrogens is 464 g/mol. The normalized spacial score (nSPS) is 16.9. The first-order valence-electron chi connectivity index (χ1n) is 10.4. The number of nitrogens with zero attached hydrogens (tertiary/aromatic N) is 1. The Morgan fingerprint density at radius 3 is 2.27 bits per heavy atom. The van der Waals surface area contributed by atoms with E-state index in [-0.39, 0.29) is 23.6 Å². The van der Waals surface area contributed by atoms with Crippen LogP contribution in [0.15, 0.2) is 53.0 Å². The van der Waals surface area contributed by atoms with E-state index in [0.717, 1.165) is 22.0 Å². The molecule has 0 bridgehead atoms. The van der Waals surface area contributed by atoms with Crippen LogP contribution >= 0.6 is 15.9 Å². The lowest BCUT2D eigenvalue weighted by molar-refractivity contribution is -0.126. The van der Waals surface area contributed by atoms with Gasteiger partial charge < -0.3 is 5.32 Å². The number of rotatable bonds is 7. The topological polar surface area (TPSA) is 66.5 Å². The van der Waals surface area contributed by atoms with Crippen LogP contribution in [0.25, 0.3) is 0 Å². The second-order valence-corrected chi connectivity index (χ2v) is 10.8. The first kappa shape index (κ1) is 23.0. The van der Waals surface area contributed by atoms with Gasteiger partial charge in [-0.2, -0.15) is 0 Å². The summed E-state index contributed by atoms with van der Waals surface area (Å²) in [7, 11) is -3.39. The fraction of sp³-hybridized carbons (Fsp3) is 0.435. The molecule has 5 nitrogen and oxygen atoms in total. The summed E-state index contributed by atoms with van der Waals surface area (Å²) in [6, 6.07) is 15.5. The highest BCUT2D eigenvalue weighted by molar-refractivity contribution is 9.10. The highest BCUT2D eigenvalue weighted by atomic mass is 79.9. The summed E-state index contributed by atoms with van der Waals surface area (Å²) in [4.78, 5) is 12.8. The number of hydrogen-bond acceptors (Lipinski definition) is 3. The lowest BCUT2D eigenvalue weighted by Gasteiger charge is -2.31. The summed E-state index contributed by atoms with van der Waals surface area (Å²) in [6.45, 7) is 4.88. The number of benzene rings is 2. The largest absolute Gasteiger partial charge is 0.349 e. The molecule has 30 heavy (non-hydrogen) atoms. The van der Waals surface area contributed by atoms with Crippen LogP contribution < -0.4 is 5.32 Å². The van der Waals surface area contributed by atoms with Gasteiger partial charge in [-0.3, -0.25) is 4.79 Å². The van der Waals surface area contributed by atoms with Crippen molar-refractivity contribution in [2.45, 2.75) is 44.9 Å². The number of aryl methyl sites for hydroxylation is 1. The molecule has 7 heteroatoms. The smallest absolute Gasteiger partial charge is 0.223 e. The SMILES string of the molecule is CC[C@@H](NC(=O)C1CCN(S(=O)(=O)Cc2ccc(Br)cc2)CC1)c1ccc(C)cc1. The zero-order valence-corrected chi connectivity index (χ0v) is 19.9. The minimum Gasteiger partial charge on any atom is -0.349 e. The summed E-state index contributed by atoms with van der Waals surface area (Å²) in [5.74, 6) is -0.140. The van der Waals surface area contributed by atoms with E-state index in [1.165, 1.54) is 9.87 Å². The first-order chi connectivity index (χ1) is 14.3. The predicted molar refractivity (Wildman–Crippen MR) is 123 cm³/mol. The van der Waals surface area contributed by atoms with Gasteiger partial charge in [0.15, 0.2) is 0 Å². The van der Waals surface area contributed by atoms with E-state index in [2.05, 4.69) is 52.4 Å². The molecule has 1 aliphatic rings. The second kappa shape index (κ2) is 10.1. The molecule has 162 valence electrons. The van der Waals surface area contributed by atoms with Crippen molar-refractivity contribution in [3.63, 3.8) is 0 Å². The van der Waals surface area contributed by atoms with Gasteiger partial charge in [0.2, 0.25) is 15.9 Å². The highest BCUT2D eigenvalue weighted by Gasteiger charge is 2.31. The standard InChI is InChI=1S/C23H29BrN2O3S/c1-3-22(19-8-4-17(2)5-9-19)25-23(27)20-12-14-26(15-13-20)30(28,29)16-18-6-10-21(24)11-7-18/h4-11,20,22H,3,12-16H2,1-2H3,(H,25,27)/t22-/m1/s1. The Morgan fingerprint density at radius 1 is 1.10 bits per heavy atom. The van der Waals surface area contributed by atoms with Gasteiger partial charge in [0.25, 0.3) is 0 Å². The molecule has 0 radical (unpaired) electrons. The molecule has 0 spiro atoms. The van der Waals surface area contributed by atoms with Crippen molar-refractivity contribution >= 4 is 31.9 Å². The molecule has 2 aromatic rings. The third kappa shape index (κ3) is 5.93. The molecule has 1 N–H and O–H groups in total. The van der Waals surface area contributed by atoms with Crippen LogP contribution in [0.2, 0.25) is 0 Å². The maximum Gasteiger partial charge on any atom is 0.223 e. The minimum absolute atomic E-state index is 0.0114. The average Bonchev–Trinajstić information content (AvgIpc) is 2.74. The van der Waals surface area contributed by atoms with Gasteiger partial charge in [-0.05, 0) is 49.4 Å². The fourth-order valence-electron chi connectivity index (χ4n) is 3.79. The highest BCUT2D eigenvalue weighted by Crippen LogP contribution is 2.24. The van der Waals surface area contributed by atoms with E-state index in [0.29, 0.717) is 25.9 Å². The Bertz CT molecular complexity index is 951. The fourth-order valence-corrected chi connectivity index (χ4v) is 5.62. The van der Waals surface area contributed by atoms with Gasteiger partial charge in [0.05, 0.1) is 11.8 Å². The molecule has 0 saturated carbocycles. The number of sulfonamides is 1. The Balaban J connectivity index is 1.55. The quantitative estimate of drug-likeness (QED) is 0.615. The van der Waals surface area contributed by atoms with Gasteiger partial charge in [-0.15, -0.1) is 0 Å². The van der Waals surface area contributed by atoms with Gasteiger partial charge in [-0.1, -0.05) is 64.8 Å². The molecule has 3 rings (SSSR count). The molecular formula is C23H29BrN2O3S. The number of amides is 1. The lowest BCUT2D eigenvalue weighted by Crippen LogP contribution is -2.44. The Kier molecular flexibility index (Phi) is 7.71. The molecule has 1 heterocycles. The number of hydrogen-bond donors (Lipinski definition) is 1. The summed E-state index contributed by atoms with van der Waals surface area (Å²) >= 11 is 3.36. The Hall–Kier alpha value is -1.70. The molecule has 0 unspecified atom stereocenters. The van der Waals surface area contributed by atoms with Crippen molar-refractivity contribution in [3.05, 3.63) is 69.7 Å². The summed E-state index contributed by atoms with van der Waals surface area (Å²) in [5, 5.41) is 3.16. The lowest BCUT2D eigenvalue weighted by atomic mass is 9.95. The van der Waals surface area contributed by atoms with Crippen molar-refractivity contribution in [3.8, 4) is 0 Å². The maximum atomic E-state index is 12.8. The summed E-state index contributed by atoms with van der Waals surface area (Å²) < 4.78 is 28.0. The molecule has 0 aromatic heterocycles. The number of carbonyl (C=O) groups excluding carboxylic acids is 1. The molecule has 1 fully saturated rings. The van der Waals surface area contributed by atoms with Crippen molar-refractivity contribution in [2.75, 3.05) is 13.1 Å². The van der Waals surface area contributed by atoms with Crippen LogP contribution in [0, 0.1) is 12.8 Å². The molecule has 1 aliphatic heterocycles. The molecule has 1 amide bonds. The summed E-state index contributed by atoms with van der Waals surface area (Å²) in [6.07, 6.45) is 1.92. The van der Waals surface area contributed by atoms with Crippen LogP contribution in [0.3, 0.4) is 0 Å². The van der Waals surface area contributed by atoms with E-state index < -0.39 is 10.0 Å². The van der Waals surface area contributed by atoms with Crippen LogP contribution in [0.5, 0.6) is 0 Å². The molecule has 1 atom stereocenters. The van der Waals surface area contributed by atoms with Crippen molar-refractivity contribution < 1.29 is 13.2 Å². The number of nitrogens with one attached hydrogen (secondary N) is 1. The predicted octanol–water partition coefficient (Wildman–Crippen LogP) is 4.57. The van der Waals surface area contributed by atoms with Gasteiger partial charge in [0.1, 0.15) is 0 Å². The van der Waals surface area contributed by atoms with Crippen LogP contribution in [-0.4, -0.2) is 31.7 Å².